The van der Waals surface area contributed by atoms with Gasteiger partial charge in [-0.1, -0.05) is 11.6 Å². The van der Waals surface area contributed by atoms with Gasteiger partial charge in [0.05, 0.1) is 26.4 Å². The highest BCUT2D eigenvalue weighted by atomic mass is 35.5. The number of aromatic nitrogens is 1. The van der Waals surface area contributed by atoms with Crippen LogP contribution < -0.4 is 14.8 Å². The highest BCUT2D eigenvalue weighted by molar-refractivity contribution is 7.89. The summed E-state index contributed by atoms with van der Waals surface area (Å²) in [5, 5.41) is 2.87. The summed E-state index contributed by atoms with van der Waals surface area (Å²) in [7, 11) is 1.59. The lowest BCUT2D eigenvalue weighted by Crippen LogP contribution is -2.43. The van der Waals surface area contributed by atoms with Crippen LogP contribution in [0.2, 0.25) is 5.02 Å². The Hall–Kier alpha value is -2.76. The first-order chi connectivity index (χ1) is 15.1. The highest BCUT2D eigenvalue weighted by Crippen LogP contribution is 2.37. The Morgan fingerprint density at radius 1 is 1.16 bits per heavy atom. The molecular formula is C20H24ClN3O7S. The quantitative estimate of drug-likeness (QED) is 0.598. The zero-order valence-electron chi connectivity index (χ0n) is 18.0. The molecule has 2 aromatic rings. The van der Waals surface area contributed by atoms with Crippen molar-refractivity contribution in [2.24, 2.45) is 7.05 Å². The SMILES string of the molecule is COC(=O)c1cc(S(=O)(=O)N2CCCC2C(=O)Nc2c(Cl)cc(OC)cc2OC)cn1C. The zero-order valence-corrected chi connectivity index (χ0v) is 19.6. The van der Waals surface area contributed by atoms with E-state index in [1.165, 1.54) is 51.3 Å². The summed E-state index contributed by atoms with van der Waals surface area (Å²) in [5.41, 5.74) is 0.304. The number of benzene rings is 1. The number of carbonyl (C=O) groups excluding carboxylic acids is 2. The summed E-state index contributed by atoms with van der Waals surface area (Å²) >= 11 is 6.28. The van der Waals surface area contributed by atoms with Crippen LogP contribution in [0.4, 0.5) is 5.69 Å². The molecule has 0 radical (unpaired) electrons. The number of aryl methyl sites for hydroxylation is 1. The predicted molar refractivity (Wildman–Crippen MR) is 117 cm³/mol. The van der Waals surface area contributed by atoms with Gasteiger partial charge in [-0.25, -0.2) is 13.2 Å². The van der Waals surface area contributed by atoms with Crippen molar-refractivity contribution >= 4 is 39.2 Å². The Morgan fingerprint density at radius 2 is 1.88 bits per heavy atom. The van der Waals surface area contributed by atoms with Crippen LogP contribution >= 0.6 is 11.6 Å². The second-order valence-corrected chi connectivity index (χ2v) is 9.41. The van der Waals surface area contributed by atoms with Crippen molar-refractivity contribution in [3.8, 4) is 11.5 Å². The number of nitrogens with zero attached hydrogens (tertiary/aromatic N) is 2. The number of methoxy groups -OCH3 is 3. The van der Waals surface area contributed by atoms with Crippen LogP contribution in [-0.2, 0) is 26.6 Å². The monoisotopic (exact) mass is 485 g/mol. The number of amides is 1. The van der Waals surface area contributed by atoms with Crippen molar-refractivity contribution in [3.63, 3.8) is 0 Å². The van der Waals surface area contributed by atoms with Crippen LogP contribution in [0.15, 0.2) is 29.3 Å². The van der Waals surface area contributed by atoms with Gasteiger partial charge in [-0.3, -0.25) is 4.79 Å². The molecule has 1 aromatic carbocycles. The number of halogens is 1. The number of ether oxygens (including phenoxy) is 3. The van der Waals surface area contributed by atoms with Crippen LogP contribution in [0.25, 0.3) is 0 Å². The summed E-state index contributed by atoms with van der Waals surface area (Å²) in [5.74, 6) is -0.479. The Morgan fingerprint density at radius 3 is 2.50 bits per heavy atom. The minimum Gasteiger partial charge on any atom is -0.497 e. The molecule has 10 nitrogen and oxygen atoms in total. The molecule has 1 unspecified atom stereocenters. The number of nitrogens with one attached hydrogen (secondary N) is 1. The summed E-state index contributed by atoms with van der Waals surface area (Å²) in [6, 6.07) is 3.35. The molecular weight excluding hydrogens is 462 g/mol. The first-order valence-corrected chi connectivity index (χ1v) is 11.4. The maximum Gasteiger partial charge on any atom is 0.354 e. The fraction of sp³-hybridized carbons (Fsp3) is 0.400. The third-order valence-electron chi connectivity index (χ3n) is 5.22. The number of esters is 1. The molecule has 3 rings (SSSR count). The summed E-state index contributed by atoms with van der Waals surface area (Å²) < 4.78 is 44.1. The number of hydrogen-bond acceptors (Lipinski definition) is 7. The topological polar surface area (TPSA) is 116 Å². The summed E-state index contributed by atoms with van der Waals surface area (Å²) in [4.78, 5) is 24.8. The van der Waals surface area contributed by atoms with Gasteiger partial charge in [0, 0.05) is 31.9 Å². The minimum absolute atomic E-state index is 0.0843. The lowest BCUT2D eigenvalue weighted by molar-refractivity contribution is -0.119. The standard InChI is InChI=1S/C20H24ClN3O7S/c1-23-11-13(10-16(23)20(26)31-4)32(27,28)24-7-5-6-15(24)19(25)22-18-14(21)8-12(29-2)9-17(18)30-3/h8-11,15H,5-7H2,1-4H3,(H,22,25). The molecule has 0 saturated carbocycles. The lowest BCUT2D eigenvalue weighted by atomic mass is 10.2. The Kier molecular flexibility index (Phi) is 7.01. The predicted octanol–water partition coefficient (Wildman–Crippen LogP) is 2.27. The lowest BCUT2D eigenvalue weighted by Gasteiger charge is -2.23. The number of anilines is 1. The normalized spacial score (nSPS) is 16.6. The number of carbonyl (C=O) groups is 2. The van der Waals surface area contributed by atoms with Crippen molar-refractivity contribution in [2.45, 2.75) is 23.8 Å². The third kappa shape index (κ3) is 4.41. The Balaban J connectivity index is 1.89. The maximum atomic E-state index is 13.3. The van der Waals surface area contributed by atoms with E-state index in [1.807, 2.05) is 0 Å². The molecule has 1 saturated heterocycles. The minimum atomic E-state index is -4.05. The van der Waals surface area contributed by atoms with Gasteiger partial charge in [-0.15, -0.1) is 0 Å². The molecule has 32 heavy (non-hydrogen) atoms. The Bertz CT molecular complexity index is 1150. The zero-order chi connectivity index (χ0) is 23.6. The van der Waals surface area contributed by atoms with Gasteiger partial charge < -0.3 is 24.1 Å². The van der Waals surface area contributed by atoms with Gasteiger partial charge in [0.15, 0.2) is 0 Å². The average Bonchev–Trinajstić information content (AvgIpc) is 3.42. The summed E-state index contributed by atoms with van der Waals surface area (Å²) in [6.07, 6.45) is 2.15. The van der Waals surface area contributed by atoms with E-state index in [9.17, 15) is 18.0 Å². The largest absolute Gasteiger partial charge is 0.497 e. The molecule has 1 atom stereocenters. The van der Waals surface area contributed by atoms with Gasteiger partial charge in [0.2, 0.25) is 15.9 Å². The van der Waals surface area contributed by atoms with Crippen LogP contribution in [0.5, 0.6) is 11.5 Å². The van der Waals surface area contributed by atoms with Crippen molar-refractivity contribution in [3.05, 3.63) is 35.1 Å². The van der Waals surface area contributed by atoms with E-state index in [0.717, 1.165) is 4.31 Å². The van der Waals surface area contributed by atoms with Crippen molar-refractivity contribution in [1.82, 2.24) is 8.87 Å². The molecule has 2 heterocycles. The molecule has 0 bridgehead atoms. The van der Waals surface area contributed by atoms with Crippen LogP contribution in [0.1, 0.15) is 23.3 Å². The van der Waals surface area contributed by atoms with Gasteiger partial charge in [0.25, 0.3) is 0 Å². The van der Waals surface area contributed by atoms with Crippen molar-refractivity contribution < 1.29 is 32.2 Å². The molecule has 1 aliphatic rings. The number of sulfonamides is 1. The van der Waals surface area contributed by atoms with Crippen LogP contribution in [0, 0.1) is 0 Å². The summed E-state index contributed by atoms with van der Waals surface area (Å²) in [6.45, 7) is 0.163. The number of rotatable bonds is 7. The van der Waals surface area contributed by atoms with E-state index in [-0.39, 0.29) is 33.6 Å². The molecule has 0 aliphatic carbocycles. The van der Waals surface area contributed by atoms with E-state index in [2.05, 4.69) is 10.1 Å². The second-order valence-electron chi connectivity index (χ2n) is 7.11. The second kappa shape index (κ2) is 9.39. The highest BCUT2D eigenvalue weighted by Gasteiger charge is 2.40. The van der Waals surface area contributed by atoms with E-state index < -0.39 is 27.9 Å². The molecule has 12 heteroatoms. The molecule has 174 valence electrons. The van der Waals surface area contributed by atoms with E-state index >= 15 is 0 Å². The van der Waals surface area contributed by atoms with Gasteiger partial charge in [-0.2, -0.15) is 4.31 Å². The molecule has 1 fully saturated rings. The molecule has 1 aromatic heterocycles. The third-order valence-corrected chi connectivity index (χ3v) is 7.39. The average molecular weight is 486 g/mol. The van der Waals surface area contributed by atoms with Crippen molar-refractivity contribution in [1.29, 1.82) is 0 Å². The van der Waals surface area contributed by atoms with Gasteiger partial charge >= 0.3 is 5.97 Å². The molecule has 0 spiro atoms. The van der Waals surface area contributed by atoms with E-state index in [0.29, 0.717) is 18.6 Å². The van der Waals surface area contributed by atoms with E-state index in [1.54, 1.807) is 6.07 Å². The number of hydrogen-bond donors (Lipinski definition) is 1. The fourth-order valence-corrected chi connectivity index (χ4v) is 5.55. The van der Waals surface area contributed by atoms with Crippen LogP contribution in [-0.4, -0.2) is 63.1 Å². The van der Waals surface area contributed by atoms with E-state index in [4.69, 9.17) is 21.1 Å². The van der Waals surface area contributed by atoms with Crippen LogP contribution in [0.3, 0.4) is 0 Å². The van der Waals surface area contributed by atoms with Crippen molar-refractivity contribution in [2.75, 3.05) is 33.2 Å². The first-order valence-electron chi connectivity index (χ1n) is 9.63. The maximum absolute atomic E-state index is 13.3. The Labute approximate surface area is 191 Å². The smallest absolute Gasteiger partial charge is 0.354 e. The molecule has 1 aliphatic heterocycles. The van der Waals surface area contributed by atoms with Gasteiger partial charge in [0.1, 0.15) is 33.8 Å². The molecule has 1 N–H and O–H groups in total. The van der Waals surface area contributed by atoms with Gasteiger partial charge in [-0.05, 0) is 18.9 Å². The first kappa shape index (κ1) is 23.9. The fourth-order valence-electron chi connectivity index (χ4n) is 3.57. The molecule has 1 amide bonds.